The minimum absolute atomic E-state index is 0.0654. The maximum absolute atomic E-state index is 12.9. The lowest BCUT2D eigenvalue weighted by Gasteiger charge is -2.32. The fraction of sp³-hybridized carbons (Fsp3) is 0.320. The Kier molecular flexibility index (Phi) is 5.70. The predicted molar refractivity (Wildman–Crippen MR) is 115 cm³/mol. The van der Waals surface area contributed by atoms with Gasteiger partial charge in [0.25, 0.3) is 5.91 Å². The van der Waals surface area contributed by atoms with E-state index in [9.17, 15) is 4.79 Å². The standard InChI is InChI=1S/C25H27N3O/c1-18-7-3-4-8-21(18)14-20-13-19(2)27-24(15-20)23-10-6-12-28(17-23)25(29)22-9-5-11-26-16-22/h3-5,7-9,11,13,15-16,23H,6,10,12,14,17H2,1-2H3/t23-/m0/s1. The Balaban J connectivity index is 1.54. The number of carbonyl (C=O) groups excluding carboxylic acids is 1. The van der Waals surface area contributed by atoms with E-state index in [4.69, 9.17) is 4.98 Å². The molecule has 4 nitrogen and oxygen atoms in total. The molecular formula is C25H27N3O. The summed E-state index contributed by atoms with van der Waals surface area (Å²) in [5, 5.41) is 0. The molecule has 1 saturated heterocycles. The molecule has 0 unspecified atom stereocenters. The van der Waals surface area contributed by atoms with E-state index in [0.29, 0.717) is 12.1 Å². The molecule has 1 aliphatic heterocycles. The molecule has 1 amide bonds. The molecule has 0 radical (unpaired) electrons. The summed E-state index contributed by atoms with van der Waals surface area (Å²) < 4.78 is 0. The molecule has 0 saturated carbocycles. The van der Waals surface area contributed by atoms with Gasteiger partial charge in [-0.25, -0.2) is 0 Å². The third kappa shape index (κ3) is 4.53. The molecule has 1 aliphatic rings. The number of likely N-dealkylation sites (tertiary alicyclic amines) is 1. The third-order valence-corrected chi connectivity index (χ3v) is 5.72. The van der Waals surface area contributed by atoms with Gasteiger partial charge in [-0.1, -0.05) is 24.3 Å². The molecule has 4 heteroatoms. The zero-order valence-electron chi connectivity index (χ0n) is 17.1. The zero-order chi connectivity index (χ0) is 20.2. The van der Waals surface area contributed by atoms with Crippen LogP contribution in [0, 0.1) is 13.8 Å². The largest absolute Gasteiger partial charge is 0.338 e. The summed E-state index contributed by atoms with van der Waals surface area (Å²) >= 11 is 0. The van der Waals surface area contributed by atoms with E-state index in [2.05, 4.69) is 55.2 Å². The van der Waals surface area contributed by atoms with E-state index >= 15 is 0 Å². The van der Waals surface area contributed by atoms with Crippen molar-refractivity contribution in [1.29, 1.82) is 0 Å². The van der Waals surface area contributed by atoms with Crippen molar-refractivity contribution >= 4 is 5.91 Å². The minimum atomic E-state index is 0.0654. The van der Waals surface area contributed by atoms with E-state index in [0.717, 1.165) is 37.2 Å². The van der Waals surface area contributed by atoms with Gasteiger partial charge in [0, 0.05) is 42.8 Å². The van der Waals surface area contributed by atoms with Gasteiger partial charge in [-0.2, -0.15) is 0 Å². The van der Waals surface area contributed by atoms with Crippen molar-refractivity contribution in [2.24, 2.45) is 0 Å². The summed E-state index contributed by atoms with van der Waals surface area (Å²) in [5.41, 5.74) is 6.76. The average molecular weight is 386 g/mol. The molecule has 0 spiro atoms. The zero-order valence-corrected chi connectivity index (χ0v) is 17.1. The Morgan fingerprint density at radius 2 is 2.00 bits per heavy atom. The highest BCUT2D eigenvalue weighted by Crippen LogP contribution is 2.28. The summed E-state index contributed by atoms with van der Waals surface area (Å²) in [6.45, 7) is 5.74. The van der Waals surface area contributed by atoms with E-state index in [1.54, 1.807) is 12.4 Å². The van der Waals surface area contributed by atoms with Gasteiger partial charge in [0.15, 0.2) is 0 Å². The molecule has 3 heterocycles. The molecule has 1 aromatic carbocycles. The lowest BCUT2D eigenvalue weighted by atomic mass is 9.91. The highest BCUT2D eigenvalue weighted by molar-refractivity contribution is 5.94. The first-order valence-electron chi connectivity index (χ1n) is 10.3. The Bertz CT molecular complexity index is 1000. The van der Waals surface area contributed by atoms with Crippen LogP contribution in [-0.2, 0) is 6.42 Å². The molecule has 4 rings (SSSR count). The van der Waals surface area contributed by atoms with Crippen LogP contribution in [0.5, 0.6) is 0 Å². The van der Waals surface area contributed by atoms with Gasteiger partial charge in [-0.3, -0.25) is 14.8 Å². The lowest BCUT2D eigenvalue weighted by Crippen LogP contribution is -2.39. The van der Waals surface area contributed by atoms with Gasteiger partial charge in [0.1, 0.15) is 0 Å². The molecule has 2 aromatic heterocycles. The second-order valence-electron chi connectivity index (χ2n) is 7.98. The molecule has 0 bridgehead atoms. The Morgan fingerprint density at radius 1 is 1.14 bits per heavy atom. The summed E-state index contributed by atoms with van der Waals surface area (Å²) in [7, 11) is 0. The number of carbonyl (C=O) groups is 1. The van der Waals surface area contributed by atoms with Crippen LogP contribution in [0.25, 0.3) is 0 Å². The second kappa shape index (κ2) is 8.56. The number of benzene rings is 1. The summed E-state index contributed by atoms with van der Waals surface area (Å²) in [6, 6.07) is 16.6. The molecule has 29 heavy (non-hydrogen) atoms. The van der Waals surface area contributed by atoms with Crippen molar-refractivity contribution in [1.82, 2.24) is 14.9 Å². The van der Waals surface area contributed by atoms with Crippen LogP contribution < -0.4 is 0 Å². The molecule has 1 atom stereocenters. The van der Waals surface area contributed by atoms with Gasteiger partial charge in [-0.15, -0.1) is 0 Å². The van der Waals surface area contributed by atoms with Crippen molar-refractivity contribution in [2.45, 2.75) is 39.0 Å². The topological polar surface area (TPSA) is 46.1 Å². The predicted octanol–water partition coefficient (Wildman–Crippen LogP) is 4.70. The molecule has 0 N–H and O–H groups in total. The first kappa shape index (κ1) is 19.3. The van der Waals surface area contributed by atoms with Crippen LogP contribution >= 0.6 is 0 Å². The molecule has 3 aromatic rings. The van der Waals surface area contributed by atoms with E-state index in [-0.39, 0.29) is 11.8 Å². The number of pyridine rings is 2. The van der Waals surface area contributed by atoms with E-state index < -0.39 is 0 Å². The first-order valence-corrected chi connectivity index (χ1v) is 10.3. The molecule has 1 fully saturated rings. The number of hydrogen-bond acceptors (Lipinski definition) is 3. The highest BCUT2D eigenvalue weighted by Gasteiger charge is 2.26. The maximum atomic E-state index is 12.9. The summed E-state index contributed by atoms with van der Waals surface area (Å²) in [6.07, 6.45) is 6.32. The molecule has 148 valence electrons. The Hall–Kier alpha value is -3.01. The Labute approximate surface area is 172 Å². The van der Waals surface area contributed by atoms with Crippen LogP contribution in [0.1, 0.15) is 57.2 Å². The number of piperidine rings is 1. The van der Waals surface area contributed by atoms with E-state index in [1.165, 1.54) is 16.7 Å². The van der Waals surface area contributed by atoms with Crippen LogP contribution in [0.4, 0.5) is 0 Å². The Morgan fingerprint density at radius 3 is 2.79 bits per heavy atom. The van der Waals surface area contributed by atoms with Gasteiger partial charge in [0.2, 0.25) is 0 Å². The first-order chi connectivity index (χ1) is 14.1. The van der Waals surface area contributed by atoms with Gasteiger partial charge in [-0.05, 0) is 74.1 Å². The number of amides is 1. The van der Waals surface area contributed by atoms with Gasteiger partial charge < -0.3 is 4.90 Å². The quantitative estimate of drug-likeness (QED) is 0.654. The lowest BCUT2D eigenvalue weighted by molar-refractivity contribution is 0.0705. The third-order valence-electron chi connectivity index (χ3n) is 5.72. The number of aromatic nitrogens is 2. The SMILES string of the molecule is Cc1cc(Cc2ccccc2C)cc([C@H]2CCCN(C(=O)c3cccnc3)C2)n1. The molecule has 0 aliphatic carbocycles. The molecular weight excluding hydrogens is 358 g/mol. The van der Waals surface area contributed by atoms with Crippen LogP contribution in [0.3, 0.4) is 0 Å². The van der Waals surface area contributed by atoms with Crippen molar-refractivity contribution in [3.05, 3.63) is 94.6 Å². The fourth-order valence-electron chi connectivity index (χ4n) is 4.18. The number of rotatable bonds is 4. The highest BCUT2D eigenvalue weighted by atomic mass is 16.2. The number of hydrogen-bond donors (Lipinski definition) is 0. The van der Waals surface area contributed by atoms with Crippen LogP contribution in [0.15, 0.2) is 60.9 Å². The monoisotopic (exact) mass is 385 g/mol. The van der Waals surface area contributed by atoms with Crippen molar-refractivity contribution < 1.29 is 4.79 Å². The normalized spacial score (nSPS) is 16.6. The number of nitrogens with zero attached hydrogens (tertiary/aromatic N) is 3. The van der Waals surface area contributed by atoms with Crippen LogP contribution in [0.2, 0.25) is 0 Å². The fourth-order valence-corrected chi connectivity index (χ4v) is 4.18. The van der Waals surface area contributed by atoms with Crippen molar-refractivity contribution in [2.75, 3.05) is 13.1 Å². The minimum Gasteiger partial charge on any atom is -0.338 e. The van der Waals surface area contributed by atoms with Crippen LogP contribution in [-0.4, -0.2) is 33.9 Å². The smallest absolute Gasteiger partial charge is 0.255 e. The summed E-state index contributed by atoms with van der Waals surface area (Å²) in [5.74, 6) is 0.343. The van der Waals surface area contributed by atoms with Crippen molar-refractivity contribution in [3.63, 3.8) is 0 Å². The maximum Gasteiger partial charge on any atom is 0.255 e. The second-order valence-corrected chi connectivity index (χ2v) is 7.98. The summed E-state index contributed by atoms with van der Waals surface area (Å²) in [4.78, 5) is 23.7. The van der Waals surface area contributed by atoms with Gasteiger partial charge in [0.05, 0.1) is 5.56 Å². The average Bonchev–Trinajstić information content (AvgIpc) is 2.75. The van der Waals surface area contributed by atoms with Gasteiger partial charge >= 0.3 is 0 Å². The van der Waals surface area contributed by atoms with Crippen molar-refractivity contribution in [3.8, 4) is 0 Å². The number of aryl methyl sites for hydroxylation is 2. The van der Waals surface area contributed by atoms with E-state index in [1.807, 2.05) is 17.0 Å².